The standard InChI is InChI=1S/C25H35N3O4/c1-17-5-6-22(23(13-17)31-3)32-12-8-27-18(2)14-19-15-20-7-10-28(9-4-11-29)24(20)21(16-19)25(26)30/h5-6,13,15-16,18,27,29H,4,7-12,14H2,1-3H3,(H2,26,30)/t18-/m1/s1. The van der Waals surface area contributed by atoms with Gasteiger partial charge in [-0.1, -0.05) is 12.1 Å². The topological polar surface area (TPSA) is 97.1 Å². The Labute approximate surface area is 190 Å². The first kappa shape index (κ1) is 23.9. The van der Waals surface area contributed by atoms with Gasteiger partial charge >= 0.3 is 0 Å². The first-order valence-electron chi connectivity index (χ1n) is 11.2. The number of rotatable bonds is 12. The van der Waals surface area contributed by atoms with Gasteiger partial charge < -0.3 is 30.5 Å². The number of hydrogen-bond donors (Lipinski definition) is 3. The van der Waals surface area contributed by atoms with Crippen molar-refractivity contribution < 1.29 is 19.4 Å². The molecule has 0 fully saturated rings. The van der Waals surface area contributed by atoms with Crippen molar-refractivity contribution in [1.82, 2.24) is 5.32 Å². The number of fused-ring (bicyclic) bond motifs is 1. The number of nitrogens with zero attached hydrogens (tertiary/aromatic N) is 1. The third-order valence-electron chi connectivity index (χ3n) is 5.78. The van der Waals surface area contributed by atoms with Gasteiger partial charge in [-0.15, -0.1) is 0 Å². The van der Waals surface area contributed by atoms with Crippen molar-refractivity contribution >= 4 is 11.6 Å². The van der Waals surface area contributed by atoms with E-state index in [2.05, 4.69) is 23.2 Å². The van der Waals surface area contributed by atoms with Gasteiger partial charge in [-0.05, 0) is 68.0 Å². The highest BCUT2D eigenvalue weighted by Gasteiger charge is 2.25. The van der Waals surface area contributed by atoms with Gasteiger partial charge in [0, 0.05) is 32.3 Å². The molecule has 0 aliphatic carbocycles. The number of ether oxygens (including phenoxy) is 2. The summed E-state index contributed by atoms with van der Waals surface area (Å²) in [5.74, 6) is 1.08. The lowest BCUT2D eigenvalue weighted by molar-refractivity contribution is 0.100. The van der Waals surface area contributed by atoms with Crippen molar-refractivity contribution in [2.45, 2.75) is 39.2 Å². The zero-order valence-electron chi connectivity index (χ0n) is 19.3. The first-order valence-corrected chi connectivity index (χ1v) is 11.2. The Morgan fingerprint density at radius 2 is 2.09 bits per heavy atom. The Hall–Kier alpha value is -2.77. The van der Waals surface area contributed by atoms with Gasteiger partial charge in [0.2, 0.25) is 0 Å². The maximum atomic E-state index is 12.1. The third-order valence-corrected chi connectivity index (χ3v) is 5.78. The highest BCUT2D eigenvalue weighted by Crippen LogP contribution is 2.33. The largest absolute Gasteiger partial charge is 0.493 e. The van der Waals surface area contributed by atoms with Crippen LogP contribution in [-0.4, -0.2) is 57.0 Å². The number of carbonyl (C=O) groups excluding carboxylic acids is 1. The van der Waals surface area contributed by atoms with Crippen LogP contribution in [0.25, 0.3) is 0 Å². The van der Waals surface area contributed by atoms with E-state index in [9.17, 15) is 4.79 Å². The molecule has 0 saturated heterocycles. The average Bonchev–Trinajstić information content (AvgIpc) is 3.18. The Kier molecular flexibility index (Phi) is 8.36. The highest BCUT2D eigenvalue weighted by atomic mass is 16.5. The number of aliphatic hydroxyl groups excluding tert-OH is 1. The molecule has 1 atom stereocenters. The second-order valence-electron chi connectivity index (χ2n) is 8.39. The summed E-state index contributed by atoms with van der Waals surface area (Å²) in [5.41, 5.74) is 10.6. The lowest BCUT2D eigenvalue weighted by atomic mass is 9.98. The van der Waals surface area contributed by atoms with E-state index in [1.807, 2.05) is 31.2 Å². The molecule has 0 saturated carbocycles. The monoisotopic (exact) mass is 441 g/mol. The van der Waals surface area contributed by atoms with Crippen molar-refractivity contribution in [3.8, 4) is 11.5 Å². The molecule has 1 amide bonds. The second kappa shape index (κ2) is 11.2. The zero-order chi connectivity index (χ0) is 23.1. The molecule has 7 heteroatoms. The summed E-state index contributed by atoms with van der Waals surface area (Å²) in [6.07, 6.45) is 2.36. The predicted molar refractivity (Wildman–Crippen MR) is 127 cm³/mol. The molecule has 7 nitrogen and oxygen atoms in total. The lowest BCUT2D eigenvalue weighted by Gasteiger charge is -2.22. The van der Waals surface area contributed by atoms with Gasteiger partial charge in [0.15, 0.2) is 11.5 Å². The van der Waals surface area contributed by atoms with Crippen LogP contribution in [0.5, 0.6) is 11.5 Å². The van der Waals surface area contributed by atoms with E-state index >= 15 is 0 Å². The Morgan fingerprint density at radius 3 is 2.81 bits per heavy atom. The maximum Gasteiger partial charge on any atom is 0.250 e. The molecular weight excluding hydrogens is 406 g/mol. The fourth-order valence-electron chi connectivity index (χ4n) is 4.27. The summed E-state index contributed by atoms with van der Waals surface area (Å²) in [4.78, 5) is 14.3. The second-order valence-corrected chi connectivity index (χ2v) is 8.39. The number of nitrogens with one attached hydrogen (secondary N) is 1. The number of aliphatic hydroxyl groups is 1. The molecule has 1 aliphatic rings. The van der Waals surface area contributed by atoms with Crippen LogP contribution in [0.15, 0.2) is 30.3 Å². The van der Waals surface area contributed by atoms with Crippen LogP contribution in [0.3, 0.4) is 0 Å². The van der Waals surface area contributed by atoms with E-state index in [0.29, 0.717) is 25.1 Å². The minimum atomic E-state index is -0.403. The quantitative estimate of drug-likeness (QED) is 0.438. The van der Waals surface area contributed by atoms with Gasteiger partial charge in [0.25, 0.3) is 5.91 Å². The van der Waals surface area contributed by atoms with Crippen LogP contribution in [0, 0.1) is 6.92 Å². The third kappa shape index (κ3) is 5.93. The summed E-state index contributed by atoms with van der Waals surface area (Å²) in [6, 6.07) is 10.2. The number of hydrogen-bond acceptors (Lipinski definition) is 6. The van der Waals surface area contributed by atoms with Crippen LogP contribution in [0.1, 0.15) is 40.4 Å². The van der Waals surface area contributed by atoms with Crippen LogP contribution < -0.4 is 25.4 Å². The number of carbonyl (C=O) groups is 1. The van der Waals surface area contributed by atoms with Gasteiger partial charge in [0.1, 0.15) is 6.61 Å². The smallest absolute Gasteiger partial charge is 0.250 e. The fraction of sp³-hybridized carbons (Fsp3) is 0.480. The summed E-state index contributed by atoms with van der Waals surface area (Å²) in [5, 5.41) is 12.6. The molecule has 2 aromatic rings. The minimum absolute atomic E-state index is 0.138. The maximum absolute atomic E-state index is 12.1. The fourth-order valence-corrected chi connectivity index (χ4v) is 4.27. The van der Waals surface area contributed by atoms with Gasteiger partial charge in [-0.25, -0.2) is 0 Å². The zero-order valence-corrected chi connectivity index (χ0v) is 19.3. The summed E-state index contributed by atoms with van der Waals surface area (Å²) in [6.45, 7) is 7.09. The van der Waals surface area contributed by atoms with Crippen LogP contribution in [0.4, 0.5) is 5.69 Å². The molecule has 0 unspecified atom stereocenters. The first-order chi connectivity index (χ1) is 15.4. The minimum Gasteiger partial charge on any atom is -0.493 e. The molecular formula is C25H35N3O4. The number of aryl methyl sites for hydroxylation is 1. The molecule has 4 N–H and O–H groups in total. The van der Waals surface area contributed by atoms with Crippen molar-refractivity contribution in [3.63, 3.8) is 0 Å². The average molecular weight is 442 g/mol. The number of methoxy groups -OCH3 is 1. The molecule has 2 aromatic carbocycles. The normalized spacial score (nSPS) is 13.7. The van der Waals surface area contributed by atoms with Crippen molar-refractivity contribution in [3.05, 3.63) is 52.6 Å². The van der Waals surface area contributed by atoms with Crippen LogP contribution in [0.2, 0.25) is 0 Å². The number of amides is 1. The van der Waals surface area contributed by atoms with Gasteiger partial charge in [-0.3, -0.25) is 4.79 Å². The molecule has 0 spiro atoms. The van der Waals surface area contributed by atoms with E-state index in [-0.39, 0.29) is 12.6 Å². The number of primary amides is 1. The van der Waals surface area contributed by atoms with Gasteiger partial charge in [0.05, 0.1) is 18.4 Å². The molecule has 0 radical (unpaired) electrons. The van der Waals surface area contributed by atoms with E-state index in [4.69, 9.17) is 20.3 Å². The van der Waals surface area contributed by atoms with Crippen LogP contribution in [-0.2, 0) is 12.8 Å². The van der Waals surface area contributed by atoms with E-state index in [1.54, 1.807) is 7.11 Å². The molecule has 174 valence electrons. The molecule has 32 heavy (non-hydrogen) atoms. The Balaban J connectivity index is 1.57. The molecule has 0 aromatic heterocycles. The van der Waals surface area contributed by atoms with Crippen molar-refractivity contribution in [2.24, 2.45) is 5.73 Å². The van der Waals surface area contributed by atoms with E-state index < -0.39 is 5.91 Å². The number of benzene rings is 2. The number of nitrogens with two attached hydrogens (primary N) is 1. The SMILES string of the molecule is COc1cc(C)ccc1OCCN[C@H](C)Cc1cc2c(c(C(N)=O)c1)N(CCCO)CC2. The van der Waals surface area contributed by atoms with Crippen molar-refractivity contribution in [1.29, 1.82) is 0 Å². The molecule has 0 bridgehead atoms. The van der Waals surface area contributed by atoms with Gasteiger partial charge in [-0.2, -0.15) is 0 Å². The van der Waals surface area contributed by atoms with Crippen LogP contribution >= 0.6 is 0 Å². The van der Waals surface area contributed by atoms with E-state index in [0.717, 1.165) is 59.8 Å². The number of anilines is 1. The summed E-state index contributed by atoms with van der Waals surface area (Å²) < 4.78 is 11.2. The Morgan fingerprint density at radius 1 is 1.28 bits per heavy atom. The Bertz CT molecular complexity index is 932. The molecule has 1 aliphatic heterocycles. The lowest BCUT2D eigenvalue weighted by Crippen LogP contribution is -2.32. The highest BCUT2D eigenvalue weighted by molar-refractivity contribution is 6.00. The van der Waals surface area contributed by atoms with Crippen molar-refractivity contribution in [2.75, 3.05) is 44.9 Å². The van der Waals surface area contributed by atoms with E-state index in [1.165, 1.54) is 0 Å². The molecule has 3 rings (SSSR count). The predicted octanol–water partition coefficient (Wildman–Crippen LogP) is 2.45. The summed E-state index contributed by atoms with van der Waals surface area (Å²) in [7, 11) is 1.64. The molecule has 1 heterocycles. The summed E-state index contributed by atoms with van der Waals surface area (Å²) >= 11 is 0.